The maximum Gasteiger partial charge on any atom is 0.255 e. The molecule has 0 radical (unpaired) electrons. The molecule has 0 aliphatic heterocycles. The standard InChI is InChI=1S/C32H39N9O2/c1-6-28(42)34-22-12-10-21(11-13-22)30(43)35-24-8-7-9-25(18-24)37-32-39-31(36-23-14-16-26(17-15-23)40(4)5)38-29-27(20(2)3)19-33-41(29)32/h6-13,18-20,23,26H,1,14-17H2,2-5H3,(H,34,42)(H,35,43)(H2,36,37,38,39)/t23-,26-. The molecule has 0 bridgehead atoms. The van der Waals surface area contributed by atoms with Crippen LogP contribution in [-0.2, 0) is 4.79 Å². The minimum atomic E-state index is -0.312. The maximum atomic E-state index is 12.9. The van der Waals surface area contributed by atoms with Crippen LogP contribution in [0, 0.1) is 0 Å². The molecule has 1 aliphatic rings. The second-order valence-corrected chi connectivity index (χ2v) is 11.4. The summed E-state index contributed by atoms with van der Waals surface area (Å²) in [5, 5.41) is 17.2. The second kappa shape index (κ2) is 13.0. The lowest BCUT2D eigenvalue weighted by molar-refractivity contribution is -0.111. The van der Waals surface area contributed by atoms with E-state index in [-0.39, 0.29) is 17.7 Å². The van der Waals surface area contributed by atoms with E-state index in [1.807, 2.05) is 30.5 Å². The zero-order valence-corrected chi connectivity index (χ0v) is 25.1. The Hall–Kier alpha value is -4.77. The molecule has 1 saturated carbocycles. The number of aromatic nitrogens is 4. The molecule has 2 heterocycles. The van der Waals surface area contributed by atoms with Gasteiger partial charge < -0.3 is 26.2 Å². The van der Waals surface area contributed by atoms with Crippen LogP contribution in [0.4, 0.5) is 29.0 Å². The van der Waals surface area contributed by atoms with Gasteiger partial charge in [-0.25, -0.2) is 0 Å². The number of hydrogen-bond acceptors (Lipinski definition) is 8. The van der Waals surface area contributed by atoms with Crippen LogP contribution in [0.2, 0.25) is 0 Å². The number of nitrogens with zero attached hydrogens (tertiary/aromatic N) is 5. The van der Waals surface area contributed by atoms with E-state index < -0.39 is 0 Å². The van der Waals surface area contributed by atoms with Gasteiger partial charge in [-0.05, 0) is 94.2 Å². The van der Waals surface area contributed by atoms with Crippen molar-refractivity contribution < 1.29 is 9.59 Å². The minimum absolute atomic E-state index is 0.245. The largest absolute Gasteiger partial charge is 0.351 e. The summed E-state index contributed by atoms with van der Waals surface area (Å²) in [5.41, 5.74) is 4.19. The van der Waals surface area contributed by atoms with Crippen LogP contribution in [0.5, 0.6) is 0 Å². The summed E-state index contributed by atoms with van der Waals surface area (Å²) in [6.45, 7) is 7.69. The highest BCUT2D eigenvalue weighted by atomic mass is 16.2. The molecule has 4 N–H and O–H groups in total. The Morgan fingerprint density at radius 2 is 1.70 bits per heavy atom. The van der Waals surface area contributed by atoms with Gasteiger partial charge in [-0.2, -0.15) is 19.6 Å². The molecular formula is C32H39N9O2. The molecule has 11 heteroatoms. The Morgan fingerprint density at radius 1 is 0.977 bits per heavy atom. The Balaban J connectivity index is 1.33. The van der Waals surface area contributed by atoms with Gasteiger partial charge in [-0.1, -0.05) is 26.5 Å². The van der Waals surface area contributed by atoms with Crippen molar-refractivity contribution in [3.05, 3.63) is 78.5 Å². The topological polar surface area (TPSA) is 129 Å². The molecule has 2 aromatic carbocycles. The van der Waals surface area contributed by atoms with Crippen LogP contribution >= 0.6 is 0 Å². The van der Waals surface area contributed by atoms with Crippen molar-refractivity contribution >= 4 is 46.4 Å². The lowest BCUT2D eigenvalue weighted by Crippen LogP contribution is -2.36. The van der Waals surface area contributed by atoms with E-state index in [9.17, 15) is 9.59 Å². The highest BCUT2D eigenvalue weighted by Crippen LogP contribution is 2.27. The highest BCUT2D eigenvalue weighted by molar-refractivity contribution is 6.05. The van der Waals surface area contributed by atoms with Crippen molar-refractivity contribution in [3.63, 3.8) is 0 Å². The summed E-state index contributed by atoms with van der Waals surface area (Å²) in [6.07, 6.45) is 7.43. The predicted molar refractivity (Wildman–Crippen MR) is 171 cm³/mol. The first kappa shape index (κ1) is 29.7. The number of nitrogens with one attached hydrogen (secondary N) is 4. The molecule has 1 fully saturated rings. The zero-order valence-electron chi connectivity index (χ0n) is 25.1. The van der Waals surface area contributed by atoms with Gasteiger partial charge in [0.1, 0.15) is 0 Å². The zero-order chi connectivity index (χ0) is 30.5. The Morgan fingerprint density at radius 3 is 2.37 bits per heavy atom. The molecular weight excluding hydrogens is 542 g/mol. The van der Waals surface area contributed by atoms with Crippen molar-refractivity contribution in [1.29, 1.82) is 0 Å². The molecule has 43 heavy (non-hydrogen) atoms. The number of benzene rings is 2. The average Bonchev–Trinajstić information content (AvgIpc) is 3.43. The Bertz CT molecular complexity index is 1600. The summed E-state index contributed by atoms with van der Waals surface area (Å²) in [5.74, 6) is 0.764. The number of carbonyl (C=O) groups excluding carboxylic acids is 2. The van der Waals surface area contributed by atoms with Gasteiger partial charge in [-0.3, -0.25) is 9.59 Å². The van der Waals surface area contributed by atoms with Gasteiger partial charge in [0.15, 0.2) is 5.65 Å². The summed E-state index contributed by atoms with van der Waals surface area (Å²) >= 11 is 0. The van der Waals surface area contributed by atoms with Crippen molar-refractivity contribution in [2.24, 2.45) is 0 Å². The van der Waals surface area contributed by atoms with E-state index >= 15 is 0 Å². The number of hydrogen-bond donors (Lipinski definition) is 4. The highest BCUT2D eigenvalue weighted by Gasteiger charge is 2.24. The number of rotatable bonds is 10. The lowest BCUT2D eigenvalue weighted by Gasteiger charge is -2.33. The van der Waals surface area contributed by atoms with E-state index in [0.717, 1.165) is 42.6 Å². The molecule has 1 aliphatic carbocycles. The van der Waals surface area contributed by atoms with Crippen molar-refractivity contribution in [2.75, 3.05) is 35.4 Å². The average molecular weight is 582 g/mol. The smallest absolute Gasteiger partial charge is 0.255 e. The molecule has 0 atom stereocenters. The summed E-state index contributed by atoms with van der Waals surface area (Å²) in [7, 11) is 4.29. The van der Waals surface area contributed by atoms with E-state index in [4.69, 9.17) is 9.97 Å². The van der Waals surface area contributed by atoms with Gasteiger partial charge >= 0.3 is 0 Å². The summed E-state index contributed by atoms with van der Waals surface area (Å²) in [6, 6.07) is 15.0. The quantitative estimate of drug-likeness (QED) is 0.177. The monoisotopic (exact) mass is 581 g/mol. The van der Waals surface area contributed by atoms with E-state index in [0.29, 0.717) is 40.9 Å². The van der Waals surface area contributed by atoms with Gasteiger partial charge in [-0.15, -0.1) is 0 Å². The molecule has 4 aromatic rings. The Labute approximate surface area is 251 Å². The summed E-state index contributed by atoms with van der Waals surface area (Å²) < 4.78 is 1.72. The minimum Gasteiger partial charge on any atom is -0.351 e. The molecule has 0 unspecified atom stereocenters. The van der Waals surface area contributed by atoms with Crippen LogP contribution in [0.15, 0.2) is 67.4 Å². The fourth-order valence-electron chi connectivity index (χ4n) is 5.27. The molecule has 224 valence electrons. The third-order valence-electron chi connectivity index (χ3n) is 7.75. The SMILES string of the molecule is C=CC(=O)Nc1ccc(C(=O)Nc2cccc(Nc3nc(N[C@H]4CC[C@H](N(C)C)CC4)nc4c(C(C)C)cnn34)c2)cc1. The first-order valence-electron chi connectivity index (χ1n) is 14.6. The molecule has 11 nitrogen and oxygen atoms in total. The van der Waals surface area contributed by atoms with Crippen LogP contribution in [0.3, 0.4) is 0 Å². The van der Waals surface area contributed by atoms with Crippen molar-refractivity contribution in [3.8, 4) is 0 Å². The molecule has 5 rings (SSSR count). The second-order valence-electron chi connectivity index (χ2n) is 11.4. The third-order valence-corrected chi connectivity index (χ3v) is 7.75. The van der Waals surface area contributed by atoms with Gasteiger partial charge in [0.2, 0.25) is 17.8 Å². The van der Waals surface area contributed by atoms with Gasteiger partial charge in [0.25, 0.3) is 5.91 Å². The first-order chi connectivity index (χ1) is 20.7. The van der Waals surface area contributed by atoms with Crippen LogP contribution < -0.4 is 21.3 Å². The fourth-order valence-corrected chi connectivity index (χ4v) is 5.27. The molecule has 0 saturated heterocycles. The van der Waals surface area contributed by atoms with Crippen LogP contribution in [-0.4, -0.2) is 62.5 Å². The lowest BCUT2D eigenvalue weighted by atomic mass is 9.91. The number of amides is 2. The van der Waals surface area contributed by atoms with Crippen LogP contribution in [0.25, 0.3) is 5.65 Å². The third kappa shape index (κ3) is 7.18. The molecule has 2 amide bonds. The summed E-state index contributed by atoms with van der Waals surface area (Å²) in [4.78, 5) is 36.4. The van der Waals surface area contributed by atoms with Gasteiger partial charge in [0, 0.05) is 40.3 Å². The number of carbonyl (C=O) groups is 2. The number of anilines is 5. The maximum absolute atomic E-state index is 12.9. The molecule has 2 aromatic heterocycles. The molecule has 0 spiro atoms. The van der Waals surface area contributed by atoms with Gasteiger partial charge in [0.05, 0.1) is 6.20 Å². The number of fused-ring (bicyclic) bond motifs is 1. The predicted octanol–water partition coefficient (Wildman–Crippen LogP) is 5.65. The normalized spacial score (nSPS) is 16.7. The first-order valence-corrected chi connectivity index (χ1v) is 14.6. The Kier molecular flexibility index (Phi) is 9.01. The van der Waals surface area contributed by atoms with Crippen molar-refractivity contribution in [2.45, 2.75) is 57.5 Å². The fraction of sp³-hybridized carbons (Fsp3) is 0.344. The van der Waals surface area contributed by atoms with E-state index in [1.54, 1.807) is 28.8 Å². The van der Waals surface area contributed by atoms with Crippen molar-refractivity contribution in [1.82, 2.24) is 24.5 Å². The van der Waals surface area contributed by atoms with E-state index in [1.165, 1.54) is 6.08 Å². The van der Waals surface area contributed by atoms with Crippen LogP contribution in [0.1, 0.15) is 61.4 Å². The van der Waals surface area contributed by atoms with E-state index in [2.05, 4.69) is 65.8 Å².